The normalized spacial score (nSPS) is 17.7. The van der Waals surface area contributed by atoms with Gasteiger partial charge in [-0.15, -0.1) is 0 Å². The van der Waals surface area contributed by atoms with Crippen molar-refractivity contribution in [3.05, 3.63) is 0 Å². The van der Waals surface area contributed by atoms with E-state index in [0.29, 0.717) is 6.54 Å². The lowest BCUT2D eigenvalue weighted by Crippen LogP contribution is -2.59. The quantitative estimate of drug-likeness (QED) is 0.699. The summed E-state index contributed by atoms with van der Waals surface area (Å²) in [7, 11) is 0. The van der Waals surface area contributed by atoms with E-state index in [4.69, 9.17) is 0 Å². The van der Waals surface area contributed by atoms with Gasteiger partial charge in [0.1, 0.15) is 0 Å². The Balaban J connectivity index is 2.53. The number of nitrogens with one attached hydrogen (secondary N) is 2. The van der Waals surface area contributed by atoms with Crippen LogP contribution >= 0.6 is 11.8 Å². The zero-order valence-corrected chi connectivity index (χ0v) is 13.1. The molecule has 0 aromatic carbocycles. The molecule has 1 fully saturated rings. The zero-order chi connectivity index (χ0) is 14.9. The molecule has 0 spiro atoms. The molecule has 6 heteroatoms. The van der Waals surface area contributed by atoms with Gasteiger partial charge in [0.05, 0.1) is 11.0 Å². The molecule has 0 aromatic rings. The molecule has 3 N–H and O–H groups in total. The maximum Gasteiger partial charge on any atom is 0.315 e. The molecule has 0 aliphatic heterocycles. The molecule has 0 saturated heterocycles. The molecule has 0 bridgehead atoms. The highest BCUT2D eigenvalue weighted by molar-refractivity contribution is 8.00. The monoisotopic (exact) mass is 288 g/mol. The second-order valence-electron chi connectivity index (χ2n) is 6.25. The number of carboxylic acid groups (broad SMARTS) is 1. The Bertz CT molecular complexity index is 376. The molecular weight excluding hydrogens is 264 g/mol. The fraction of sp³-hybridized carbons (Fsp3) is 0.846. The summed E-state index contributed by atoms with van der Waals surface area (Å²) in [5.41, 5.74) is -1.87. The highest BCUT2D eigenvalue weighted by Gasteiger charge is 2.45. The summed E-state index contributed by atoms with van der Waals surface area (Å²) >= 11 is 1.77. The number of carbonyl (C=O) groups excluding carboxylic acids is 1. The first-order valence-electron chi connectivity index (χ1n) is 6.41. The number of aliphatic carboxylic acids is 1. The third-order valence-electron chi connectivity index (χ3n) is 4.33. The molecule has 0 heterocycles. The highest BCUT2D eigenvalue weighted by atomic mass is 32.2. The van der Waals surface area contributed by atoms with Crippen LogP contribution in [-0.2, 0) is 4.79 Å². The van der Waals surface area contributed by atoms with Gasteiger partial charge < -0.3 is 15.7 Å². The van der Waals surface area contributed by atoms with E-state index < -0.39 is 16.9 Å². The lowest BCUT2D eigenvalue weighted by molar-refractivity contribution is -0.150. The van der Waals surface area contributed by atoms with Gasteiger partial charge in [0.25, 0.3) is 0 Å². The van der Waals surface area contributed by atoms with Crippen molar-refractivity contribution in [2.75, 3.05) is 12.8 Å². The summed E-state index contributed by atoms with van der Waals surface area (Å²) in [6.07, 6.45) is 4.29. The van der Waals surface area contributed by atoms with Gasteiger partial charge in [0.2, 0.25) is 0 Å². The molecule has 0 atom stereocenters. The number of hydrogen-bond acceptors (Lipinski definition) is 3. The van der Waals surface area contributed by atoms with Gasteiger partial charge in [-0.1, -0.05) is 0 Å². The number of thioether (sulfide) groups is 1. The molecule has 110 valence electrons. The van der Waals surface area contributed by atoms with Crippen molar-refractivity contribution in [1.29, 1.82) is 0 Å². The van der Waals surface area contributed by atoms with E-state index in [1.54, 1.807) is 39.5 Å². The molecule has 0 unspecified atom stereocenters. The van der Waals surface area contributed by atoms with Crippen molar-refractivity contribution in [3.8, 4) is 0 Å². The first-order chi connectivity index (χ1) is 8.56. The zero-order valence-electron chi connectivity index (χ0n) is 12.3. The van der Waals surface area contributed by atoms with Crippen LogP contribution in [0.4, 0.5) is 4.79 Å². The van der Waals surface area contributed by atoms with E-state index in [0.717, 1.165) is 12.8 Å². The number of amides is 2. The fourth-order valence-electron chi connectivity index (χ4n) is 1.59. The Morgan fingerprint density at radius 3 is 2.16 bits per heavy atom. The highest BCUT2D eigenvalue weighted by Crippen LogP contribution is 2.46. The van der Waals surface area contributed by atoms with Crippen molar-refractivity contribution in [2.45, 2.75) is 50.8 Å². The van der Waals surface area contributed by atoms with Crippen LogP contribution in [0, 0.1) is 5.41 Å². The van der Waals surface area contributed by atoms with E-state index in [2.05, 4.69) is 10.6 Å². The summed E-state index contributed by atoms with van der Waals surface area (Å²) in [5.74, 6) is -0.930. The average molecular weight is 288 g/mol. The van der Waals surface area contributed by atoms with Crippen LogP contribution in [0.25, 0.3) is 0 Å². The minimum absolute atomic E-state index is 0.198. The number of hydrogen-bond donors (Lipinski definition) is 3. The maximum atomic E-state index is 11.9. The third kappa shape index (κ3) is 3.55. The Labute approximate surface area is 118 Å². The first kappa shape index (κ1) is 16.1. The predicted octanol–water partition coefficient (Wildman–Crippen LogP) is 2.07. The molecular formula is C13H24N2O3S. The number of carboxylic acids is 1. The van der Waals surface area contributed by atoms with E-state index in [-0.39, 0.29) is 10.8 Å². The number of urea groups is 1. The lowest BCUT2D eigenvalue weighted by Gasteiger charge is -2.38. The molecule has 0 radical (unpaired) electrons. The van der Waals surface area contributed by atoms with E-state index in [1.807, 2.05) is 6.26 Å². The smallest absolute Gasteiger partial charge is 0.315 e. The molecule has 2 amide bonds. The van der Waals surface area contributed by atoms with Gasteiger partial charge in [0.15, 0.2) is 0 Å². The summed E-state index contributed by atoms with van der Waals surface area (Å²) in [6, 6.07) is -0.306. The Kier molecular flexibility index (Phi) is 4.44. The SMILES string of the molecule is CSC1(CNC(=O)NC(C)(C)C(C)(C)C(=O)O)CC1. The Hall–Kier alpha value is -0.910. The largest absolute Gasteiger partial charge is 0.481 e. The molecule has 1 aliphatic carbocycles. The van der Waals surface area contributed by atoms with Crippen molar-refractivity contribution in [3.63, 3.8) is 0 Å². The van der Waals surface area contributed by atoms with Gasteiger partial charge in [-0.3, -0.25) is 4.79 Å². The van der Waals surface area contributed by atoms with Crippen LogP contribution in [0.15, 0.2) is 0 Å². The van der Waals surface area contributed by atoms with Gasteiger partial charge in [-0.2, -0.15) is 11.8 Å². The second kappa shape index (κ2) is 5.23. The van der Waals surface area contributed by atoms with Crippen molar-refractivity contribution in [1.82, 2.24) is 10.6 Å². The third-order valence-corrected chi connectivity index (χ3v) is 5.75. The van der Waals surface area contributed by atoms with E-state index >= 15 is 0 Å². The minimum atomic E-state index is -1.04. The number of rotatable bonds is 6. The molecule has 19 heavy (non-hydrogen) atoms. The summed E-state index contributed by atoms with van der Waals surface area (Å²) < 4.78 is 0.198. The van der Waals surface area contributed by atoms with Crippen LogP contribution < -0.4 is 10.6 Å². The van der Waals surface area contributed by atoms with Gasteiger partial charge in [-0.25, -0.2) is 4.79 Å². The fourth-order valence-corrected chi connectivity index (χ4v) is 2.31. The topological polar surface area (TPSA) is 78.4 Å². The minimum Gasteiger partial charge on any atom is -0.481 e. The molecule has 5 nitrogen and oxygen atoms in total. The van der Waals surface area contributed by atoms with Crippen LogP contribution in [0.3, 0.4) is 0 Å². The van der Waals surface area contributed by atoms with Crippen molar-refractivity contribution < 1.29 is 14.7 Å². The Morgan fingerprint density at radius 1 is 1.26 bits per heavy atom. The molecule has 0 aromatic heterocycles. The standard InChI is InChI=1S/C13H24N2O3S/c1-11(2,9(16)17)12(3,4)15-10(18)14-8-13(19-5)6-7-13/h6-8H2,1-5H3,(H,16,17)(H2,14,15,18). The summed E-state index contributed by atoms with van der Waals surface area (Å²) in [5, 5.41) is 14.8. The Morgan fingerprint density at radius 2 is 1.79 bits per heavy atom. The summed E-state index contributed by atoms with van der Waals surface area (Å²) in [6.45, 7) is 7.30. The van der Waals surface area contributed by atoms with Gasteiger partial charge in [0, 0.05) is 11.3 Å². The van der Waals surface area contributed by atoms with Crippen LogP contribution in [-0.4, -0.2) is 40.2 Å². The van der Waals surface area contributed by atoms with Crippen molar-refractivity contribution >= 4 is 23.8 Å². The first-order valence-corrected chi connectivity index (χ1v) is 7.63. The predicted molar refractivity (Wildman–Crippen MR) is 77.5 cm³/mol. The molecule has 1 rings (SSSR count). The van der Waals surface area contributed by atoms with Crippen LogP contribution in [0.1, 0.15) is 40.5 Å². The average Bonchev–Trinajstić information content (AvgIpc) is 3.06. The summed E-state index contributed by atoms with van der Waals surface area (Å²) in [4.78, 5) is 23.1. The molecule has 1 saturated carbocycles. The van der Waals surface area contributed by atoms with E-state index in [9.17, 15) is 14.7 Å². The van der Waals surface area contributed by atoms with E-state index in [1.165, 1.54) is 0 Å². The molecule has 1 aliphatic rings. The van der Waals surface area contributed by atoms with Gasteiger partial charge >= 0.3 is 12.0 Å². The number of carbonyl (C=O) groups is 2. The van der Waals surface area contributed by atoms with Gasteiger partial charge in [-0.05, 0) is 46.8 Å². The second-order valence-corrected chi connectivity index (χ2v) is 7.52. The van der Waals surface area contributed by atoms with Crippen LogP contribution in [0.5, 0.6) is 0 Å². The van der Waals surface area contributed by atoms with Crippen molar-refractivity contribution in [2.24, 2.45) is 5.41 Å². The lowest BCUT2D eigenvalue weighted by atomic mass is 9.74. The maximum absolute atomic E-state index is 11.9. The van der Waals surface area contributed by atoms with Crippen LogP contribution in [0.2, 0.25) is 0 Å².